The quantitative estimate of drug-likeness (QED) is 0.275. The van der Waals surface area contributed by atoms with Crippen molar-refractivity contribution >= 4 is 38.1 Å². The minimum atomic E-state index is -3.96. The number of nitrogens with one attached hydrogen (secondary N) is 1. The molecule has 0 spiro atoms. The van der Waals surface area contributed by atoms with E-state index in [2.05, 4.69) is 26.5 Å². The summed E-state index contributed by atoms with van der Waals surface area (Å²) in [6.45, 7) is -0.414. The van der Waals surface area contributed by atoms with E-state index in [-0.39, 0.29) is 11.4 Å². The lowest BCUT2D eigenvalue weighted by Crippen LogP contribution is -2.39. The highest BCUT2D eigenvalue weighted by atomic mass is 79.9. The fourth-order valence-corrected chi connectivity index (χ4v) is 4.97. The number of hydrogen-bond donors (Lipinski definition) is 1. The number of sulfonamides is 1. The molecule has 3 rings (SSSR count). The molecule has 0 atom stereocenters. The van der Waals surface area contributed by atoms with E-state index in [0.717, 1.165) is 14.3 Å². The van der Waals surface area contributed by atoms with E-state index in [1.54, 1.807) is 36.4 Å². The Kier molecular flexibility index (Phi) is 9.45. The van der Waals surface area contributed by atoms with Crippen LogP contribution in [0.15, 0.2) is 81.2 Å². The molecule has 1 N–H and O–H groups in total. The first-order valence-electron chi connectivity index (χ1n) is 10.7. The Morgan fingerprint density at radius 3 is 2.14 bits per heavy atom. The summed E-state index contributed by atoms with van der Waals surface area (Å²) in [4.78, 5) is 12.8. The molecule has 0 fully saturated rings. The fraction of sp³-hybridized carbons (Fsp3) is 0.200. The van der Waals surface area contributed by atoms with Gasteiger partial charge in [0.2, 0.25) is 15.8 Å². The Hall–Kier alpha value is -3.41. The summed E-state index contributed by atoms with van der Waals surface area (Å²) in [5.74, 6) is 0.685. The minimum absolute atomic E-state index is 0.0171. The second kappa shape index (κ2) is 12.5. The van der Waals surface area contributed by atoms with Gasteiger partial charge >= 0.3 is 0 Å². The maximum absolute atomic E-state index is 13.3. The van der Waals surface area contributed by atoms with Crippen LogP contribution in [0.2, 0.25) is 0 Å². The Morgan fingerprint density at radius 2 is 1.58 bits per heavy atom. The fourth-order valence-electron chi connectivity index (χ4n) is 3.32. The molecule has 0 saturated heterocycles. The predicted molar refractivity (Wildman–Crippen MR) is 140 cm³/mol. The molecule has 0 bridgehead atoms. The molecule has 0 aliphatic heterocycles. The highest BCUT2D eigenvalue weighted by Gasteiger charge is 2.27. The number of benzene rings is 3. The predicted octanol–water partition coefficient (Wildman–Crippen LogP) is 3.82. The molecule has 0 saturated carbocycles. The van der Waals surface area contributed by atoms with E-state index in [1.807, 2.05) is 18.2 Å². The number of carbonyl (C=O) groups excluding carboxylic acids is 1. The summed E-state index contributed by atoms with van der Waals surface area (Å²) < 4.78 is 44.4. The Balaban J connectivity index is 1.79. The molecule has 190 valence electrons. The Bertz CT molecular complexity index is 1290. The molecule has 9 nitrogen and oxygen atoms in total. The van der Waals surface area contributed by atoms with Crippen molar-refractivity contribution in [2.24, 2.45) is 5.10 Å². The number of nitrogens with zero attached hydrogens (tertiary/aromatic N) is 2. The van der Waals surface area contributed by atoms with Crippen LogP contribution in [-0.2, 0) is 21.4 Å². The number of carbonyl (C=O) groups is 1. The zero-order valence-electron chi connectivity index (χ0n) is 20.0. The smallest absolute Gasteiger partial charge is 0.255 e. The molecule has 3 aromatic carbocycles. The van der Waals surface area contributed by atoms with Gasteiger partial charge in [0.25, 0.3) is 5.91 Å². The largest absolute Gasteiger partial charge is 0.493 e. The zero-order valence-corrected chi connectivity index (χ0v) is 22.4. The number of methoxy groups -OCH3 is 3. The first kappa shape index (κ1) is 27.2. The van der Waals surface area contributed by atoms with Crippen LogP contribution >= 0.6 is 15.9 Å². The van der Waals surface area contributed by atoms with Gasteiger partial charge in [0, 0.05) is 16.6 Å². The van der Waals surface area contributed by atoms with Gasteiger partial charge in [0.1, 0.15) is 0 Å². The van der Waals surface area contributed by atoms with Crippen LogP contribution in [-0.4, -0.2) is 52.7 Å². The van der Waals surface area contributed by atoms with Crippen LogP contribution in [0.25, 0.3) is 0 Å². The van der Waals surface area contributed by atoms with Gasteiger partial charge in [-0.25, -0.2) is 13.8 Å². The summed E-state index contributed by atoms with van der Waals surface area (Å²) >= 11 is 3.31. The lowest BCUT2D eigenvalue weighted by molar-refractivity contribution is -0.121. The van der Waals surface area contributed by atoms with E-state index in [4.69, 9.17) is 14.2 Å². The lowest BCUT2D eigenvalue weighted by atomic mass is 10.2. The van der Waals surface area contributed by atoms with Crippen molar-refractivity contribution < 1.29 is 27.4 Å². The SMILES string of the molecule is COc1cc(/C=N\NC(=O)CN(Cc2ccccc2)S(=O)(=O)c2ccc(Br)cc2)cc(OC)c1OC. The van der Waals surface area contributed by atoms with Crippen molar-refractivity contribution in [3.8, 4) is 17.2 Å². The number of rotatable bonds is 11. The van der Waals surface area contributed by atoms with E-state index >= 15 is 0 Å². The van der Waals surface area contributed by atoms with Gasteiger partial charge in [-0.1, -0.05) is 46.3 Å². The molecule has 0 aliphatic rings. The highest BCUT2D eigenvalue weighted by Crippen LogP contribution is 2.37. The molecule has 0 radical (unpaired) electrons. The average Bonchev–Trinajstić information content (AvgIpc) is 2.88. The standard InChI is InChI=1S/C25H26BrN3O6S/c1-33-22-13-19(14-23(34-2)25(22)35-3)15-27-28-24(30)17-29(16-18-7-5-4-6-8-18)36(31,32)21-11-9-20(26)10-12-21/h4-15H,16-17H2,1-3H3,(H,28,30)/b27-15-. The Morgan fingerprint density at radius 1 is 0.972 bits per heavy atom. The van der Waals surface area contributed by atoms with Gasteiger partial charge in [-0.3, -0.25) is 4.79 Å². The maximum Gasteiger partial charge on any atom is 0.255 e. The minimum Gasteiger partial charge on any atom is -0.493 e. The summed E-state index contributed by atoms with van der Waals surface area (Å²) in [6.07, 6.45) is 1.40. The van der Waals surface area contributed by atoms with E-state index in [1.165, 1.54) is 39.7 Å². The average molecular weight is 576 g/mol. The molecule has 0 aromatic heterocycles. The third kappa shape index (κ3) is 6.84. The molecule has 11 heteroatoms. The molecule has 36 heavy (non-hydrogen) atoms. The summed E-state index contributed by atoms with van der Waals surface area (Å²) in [5, 5.41) is 3.97. The van der Waals surface area contributed by atoms with Crippen molar-refractivity contribution in [1.82, 2.24) is 9.73 Å². The van der Waals surface area contributed by atoms with E-state index < -0.39 is 22.5 Å². The third-order valence-corrected chi connectivity index (χ3v) is 7.40. The first-order chi connectivity index (χ1) is 17.3. The van der Waals surface area contributed by atoms with Crippen molar-refractivity contribution in [3.63, 3.8) is 0 Å². The highest BCUT2D eigenvalue weighted by molar-refractivity contribution is 9.10. The van der Waals surface area contributed by atoms with Crippen LogP contribution in [0.4, 0.5) is 0 Å². The maximum atomic E-state index is 13.3. The molecule has 3 aromatic rings. The van der Waals surface area contributed by atoms with Gasteiger partial charge < -0.3 is 14.2 Å². The molecular weight excluding hydrogens is 550 g/mol. The second-order valence-corrected chi connectivity index (χ2v) is 10.3. The molecular formula is C25H26BrN3O6S. The van der Waals surface area contributed by atoms with Gasteiger partial charge in [0.05, 0.1) is 39.0 Å². The van der Waals surface area contributed by atoms with Crippen molar-refractivity contribution in [1.29, 1.82) is 0 Å². The monoisotopic (exact) mass is 575 g/mol. The molecule has 0 heterocycles. The number of ether oxygens (including phenoxy) is 3. The van der Waals surface area contributed by atoms with Crippen molar-refractivity contribution in [2.75, 3.05) is 27.9 Å². The number of hydrogen-bond acceptors (Lipinski definition) is 7. The van der Waals surface area contributed by atoms with Crippen LogP contribution in [0.5, 0.6) is 17.2 Å². The van der Waals surface area contributed by atoms with Gasteiger partial charge in [-0.05, 0) is 42.0 Å². The summed E-state index contributed by atoms with van der Waals surface area (Å²) in [7, 11) is 0.523. The first-order valence-corrected chi connectivity index (χ1v) is 12.9. The topological polar surface area (TPSA) is 107 Å². The molecule has 1 amide bonds. The zero-order chi connectivity index (χ0) is 26.1. The van der Waals surface area contributed by atoms with Crippen LogP contribution in [0, 0.1) is 0 Å². The third-order valence-electron chi connectivity index (χ3n) is 5.06. The van der Waals surface area contributed by atoms with Crippen LogP contribution in [0.3, 0.4) is 0 Å². The number of amides is 1. The van der Waals surface area contributed by atoms with Gasteiger partial charge in [0.15, 0.2) is 11.5 Å². The summed E-state index contributed by atoms with van der Waals surface area (Å²) in [5.41, 5.74) is 3.71. The van der Waals surface area contributed by atoms with Crippen molar-refractivity contribution in [2.45, 2.75) is 11.4 Å². The lowest BCUT2D eigenvalue weighted by Gasteiger charge is -2.21. The van der Waals surface area contributed by atoms with Crippen molar-refractivity contribution in [3.05, 3.63) is 82.3 Å². The number of hydrazone groups is 1. The molecule has 0 aliphatic carbocycles. The van der Waals surface area contributed by atoms with Gasteiger partial charge in [-0.15, -0.1) is 0 Å². The summed E-state index contributed by atoms with van der Waals surface area (Å²) in [6, 6.07) is 18.6. The van der Waals surface area contributed by atoms with Crippen LogP contribution in [0.1, 0.15) is 11.1 Å². The number of halogens is 1. The molecule has 0 unspecified atom stereocenters. The Labute approximate surface area is 218 Å². The van der Waals surface area contributed by atoms with Gasteiger partial charge in [-0.2, -0.15) is 9.41 Å². The second-order valence-electron chi connectivity index (χ2n) is 7.46. The normalized spacial score (nSPS) is 11.5. The van der Waals surface area contributed by atoms with Crippen LogP contribution < -0.4 is 19.6 Å². The van der Waals surface area contributed by atoms with E-state index in [9.17, 15) is 13.2 Å². The van der Waals surface area contributed by atoms with E-state index in [0.29, 0.717) is 22.8 Å².